The van der Waals surface area contributed by atoms with Gasteiger partial charge in [0.1, 0.15) is 0 Å². The van der Waals surface area contributed by atoms with Crippen LogP contribution in [0.15, 0.2) is 0 Å². The second-order valence-electron chi connectivity index (χ2n) is 5.59. The zero-order chi connectivity index (χ0) is 16.1. The van der Waals surface area contributed by atoms with Crippen LogP contribution in [-0.2, 0) is 4.79 Å². The van der Waals surface area contributed by atoms with E-state index in [9.17, 15) is 9.59 Å². The lowest BCUT2D eigenvalue weighted by molar-refractivity contribution is -0.137. The maximum atomic E-state index is 12.0. The Kier molecular flexibility index (Phi) is 11.7. The molecule has 5 heteroatoms. The molecular weight excluding hydrogens is 268 g/mol. The van der Waals surface area contributed by atoms with Crippen molar-refractivity contribution < 1.29 is 14.7 Å². The van der Waals surface area contributed by atoms with Gasteiger partial charge in [-0.15, -0.1) is 0 Å². The van der Waals surface area contributed by atoms with Gasteiger partial charge in [0, 0.05) is 26.1 Å². The highest BCUT2D eigenvalue weighted by Crippen LogP contribution is 2.17. The fraction of sp³-hybridized carbons (Fsp3) is 0.875. The third kappa shape index (κ3) is 10.2. The van der Waals surface area contributed by atoms with Crippen molar-refractivity contribution in [1.29, 1.82) is 0 Å². The molecule has 0 rings (SSSR count). The Morgan fingerprint density at radius 1 is 1.00 bits per heavy atom. The van der Waals surface area contributed by atoms with Crippen molar-refractivity contribution in [2.75, 3.05) is 19.6 Å². The Morgan fingerprint density at radius 2 is 1.62 bits per heavy atom. The molecular formula is C16H32N2O3. The number of hydrogen-bond donors (Lipinski definition) is 2. The Labute approximate surface area is 129 Å². The molecule has 0 fully saturated rings. The molecule has 0 aliphatic carbocycles. The first-order valence-corrected chi connectivity index (χ1v) is 8.29. The Balaban J connectivity index is 4.09. The van der Waals surface area contributed by atoms with Crippen LogP contribution in [0.3, 0.4) is 0 Å². The summed E-state index contributed by atoms with van der Waals surface area (Å²) in [4.78, 5) is 24.5. The number of urea groups is 1. The van der Waals surface area contributed by atoms with Crippen LogP contribution >= 0.6 is 0 Å². The third-order valence-electron chi connectivity index (χ3n) is 3.57. The number of nitrogens with one attached hydrogen (secondary N) is 1. The SMILES string of the molecule is CCCC(CCNC(=O)N(CCC)CCC)CCC(=O)O. The summed E-state index contributed by atoms with van der Waals surface area (Å²) in [6.45, 7) is 8.45. The summed E-state index contributed by atoms with van der Waals surface area (Å²) in [7, 11) is 0. The maximum Gasteiger partial charge on any atom is 0.317 e. The highest BCUT2D eigenvalue weighted by atomic mass is 16.4. The largest absolute Gasteiger partial charge is 0.481 e. The molecule has 124 valence electrons. The average Bonchev–Trinajstić information content (AvgIpc) is 2.44. The molecule has 0 aromatic heterocycles. The van der Waals surface area contributed by atoms with E-state index < -0.39 is 5.97 Å². The van der Waals surface area contributed by atoms with Gasteiger partial charge in [-0.3, -0.25) is 4.79 Å². The summed E-state index contributed by atoms with van der Waals surface area (Å²) in [5.41, 5.74) is 0. The van der Waals surface area contributed by atoms with Crippen LogP contribution in [0, 0.1) is 5.92 Å². The van der Waals surface area contributed by atoms with Crippen molar-refractivity contribution in [1.82, 2.24) is 10.2 Å². The summed E-state index contributed by atoms with van der Waals surface area (Å²) >= 11 is 0. The number of rotatable bonds is 12. The number of aliphatic carboxylic acids is 1. The number of carboxylic acids is 1. The number of carbonyl (C=O) groups is 2. The van der Waals surface area contributed by atoms with Gasteiger partial charge in [0.15, 0.2) is 0 Å². The lowest BCUT2D eigenvalue weighted by Gasteiger charge is -2.23. The summed E-state index contributed by atoms with van der Waals surface area (Å²) in [6.07, 6.45) is 5.78. The molecule has 5 nitrogen and oxygen atoms in total. The summed E-state index contributed by atoms with van der Waals surface area (Å²) in [5.74, 6) is -0.352. The van der Waals surface area contributed by atoms with Gasteiger partial charge in [0.25, 0.3) is 0 Å². The maximum absolute atomic E-state index is 12.0. The second-order valence-corrected chi connectivity index (χ2v) is 5.59. The molecule has 1 unspecified atom stereocenters. The lowest BCUT2D eigenvalue weighted by atomic mass is 9.94. The van der Waals surface area contributed by atoms with E-state index in [1.165, 1.54) is 0 Å². The van der Waals surface area contributed by atoms with E-state index in [4.69, 9.17) is 5.11 Å². The minimum absolute atomic E-state index is 0.00665. The van der Waals surface area contributed by atoms with Crippen molar-refractivity contribution in [2.24, 2.45) is 5.92 Å². The average molecular weight is 300 g/mol. The summed E-state index contributed by atoms with van der Waals surface area (Å²) in [6, 6.07) is 0.00665. The Morgan fingerprint density at radius 3 is 2.10 bits per heavy atom. The van der Waals surface area contributed by atoms with Gasteiger partial charge in [0.2, 0.25) is 0 Å². The van der Waals surface area contributed by atoms with E-state index in [-0.39, 0.29) is 12.5 Å². The Hall–Kier alpha value is -1.26. The van der Waals surface area contributed by atoms with Crippen LogP contribution in [0.4, 0.5) is 4.79 Å². The van der Waals surface area contributed by atoms with E-state index >= 15 is 0 Å². The molecule has 0 spiro atoms. The quantitative estimate of drug-likeness (QED) is 0.579. The van der Waals surface area contributed by atoms with Crippen LogP contribution < -0.4 is 5.32 Å². The molecule has 0 radical (unpaired) electrons. The number of carboxylic acid groups (broad SMARTS) is 1. The zero-order valence-electron chi connectivity index (χ0n) is 13.9. The van der Waals surface area contributed by atoms with Gasteiger partial charge in [-0.2, -0.15) is 0 Å². The van der Waals surface area contributed by atoms with Crippen molar-refractivity contribution in [3.05, 3.63) is 0 Å². The topological polar surface area (TPSA) is 69.6 Å². The van der Waals surface area contributed by atoms with Crippen molar-refractivity contribution in [3.8, 4) is 0 Å². The minimum atomic E-state index is -0.739. The van der Waals surface area contributed by atoms with Crippen molar-refractivity contribution in [2.45, 2.75) is 65.7 Å². The molecule has 0 heterocycles. The van der Waals surface area contributed by atoms with Gasteiger partial charge in [0.05, 0.1) is 0 Å². The van der Waals surface area contributed by atoms with Crippen LogP contribution in [0.25, 0.3) is 0 Å². The molecule has 0 aromatic carbocycles. The van der Waals surface area contributed by atoms with Crippen molar-refractivity contribution in [3.63, 3.8) is 0 Å². The molecule has 0 aromatic rings. The first-order valence-electron chi connectivity index (χ1n) is 8.29. The van der Waals surface area contributed by atoms with Crippen LogP contribution in [-0.4, -0.2) is 41.6 Å². The molecule has 1 atom stereocenters. The van der Waals surface area contributed by atoms with Gasteiger partial charge >= 0.3 is 12.0 Å². The first kappa shape index (κ1) is 19.7. The van der Waals surface area contributed by atoms with E-state index in [1.54, 1.807) is 0 Å². The highest BCUT2D eigenvalue weighted by Gasteiger charge is 2.13. The summed E-state index contributed by atoms with van der Waals surface area (Å²) in [5, 5.41) is 11.7. The molecule has 0 bridgehead atoms. The van der Waals surface area contributed by atoms with Crippen molar-refractivity contribution >= 4 is 12.0 Å². The molecule has 0 saturated heterocycles. The van der Waals surface area contributed by atoms with Crippen LogP contribution in [0.2, 0.25) is 0 Å². The molecule has 21 heavy (non-hydrogen) atoms. The van der Waals surface area contributed by atoms with E-state index in [2.05, 4.69) is 26.1 Å². The first-order chi connectivity index (χ1) is 10.0. The van der Waals surface area contributed by atoms with Crippen LogP contribution in [0.5, 0.6) is 0 Å². The van der Waals surface area contributed by atoms with E-state index in [0.717, 1.165) is 45.2 Å². The second kappa shape index (κ2) is 12.5. The standard InChI is InChI=1S/C16H32N2O3/c1-4-7-14(8-9-15(19)20)10-11-17-16(21)18(12-5-2)13-6-3/h14H,4-13H2,1-3H3,(H,17,21)(H,19,20). The predicted octanol–water partition coefficient (Wildman–Crippen LogP) is 3.49. The number of amides is 2. The summed E-state index contributed by atoms with van der Waals surface area (Å²) < 4.78 is 0. The predicted molar refractivity (Wildman–Crippen MR) is 85.4 cm³/mol. The molecule has 0 aliphatic heterocycles. The normalized spacial score (nSPS) is 12.0. The third-order valence-corrected chi connectivity index (χ3v) is 3.57. The molecule has 2 N–H and O–H groups in total. The highest BCUT2D eigenvalue weighted by molar-refractivity contribution is 5.74. The number of hydrogen-bond acceptors (Lipinski definition) is 2. The molecule has 0 aliphatic rings. The fourth-order valence-corrected chi connectivity index (χ4v) is 2.52. The minimum Gasteiger partial charge on any atom is -0.481 e. The molecule has 2 amide bonds. The monoisotopic (exact) mass is 300 g/mol. The van der Waals surface area contributed by atoms with Gasteiger partial charge in [-0.25, -0.2) is 4.79 Å². The fourth-order valence-electron chi connectivity index (χ4n) is 2.52. The smallest absolute Gasteiger partial charge is 0.317 e. The molecule has 0 saturated carbocycles. The van der Waals surface area contributed by atoms with E-state index in [1.807, 2.05) is 4.90 Å². The van der Waals surface area contributed by atoms with Crippen LogP contribution in [0.1, 0.15) is 65.7 Å². The number of nitrogens with zero attached hydrogens (tertiary/aromatic N) is 1. The number of carbonyl (C=O) groups excluding carboxylic acids is 1. The zero-order valence-corrected chi connectivity index (χ0v) is 13.9. The Bertz CT molecular complexity index is 289. The van der Waals surface area contributed by atoms with Gasteiger partial charge in [-0.1, -0.05) is 33.6 Å². The lowest BCUT2D eigenvalue weighted by Crippen LogP contribution is -2.41. The van der Waals surface area contributed by atoms with Gasteiger partial charge in [-0.05, 0) is 31.6 Å². The van der Waals surface area contributed by atoms with E-state index in [0.29, 0.717) is 18.9 Å². The van der Waals surface area contributed by atoms with Gasteiger partial charge < -0.3 is 15.3 Å².